The van der Waals surface area contributed by atoms with Crippen LogP contribution in [0, 0.1) is 0 Å². The third-order valence-electron chi connectivity index (χ3n) is 3.89. The molecule has 0 aliphatic rings. The van der Waals surface area contributed by atoms with Crippen molar-refractivity contribution in [1.82, 2.24) is 4.40 Å². The zero-order valence-corrected chi connectivity index (χ0v) is 13.5. The minimum Gasteiger partial charge on any atom is -0.275 e. The number of nitrogens with zero attached hydrogens (tertiary/aromatic N) is 1. The van der Waals surface area contributed by atoms with Crippen molar-refractivity contribution in [2.24, 2.45) is 0 Å². The Morgan fingerprint density at radius 2 is 1.52 bits per heavy atom. The molecule has 0 aliphatic carbocycles. The van der Waals surface area contributed by atoms with E-state index in [0.29, 0.717) is 4.40 Å². The summed E-state index contributed by atoms with van der Waals surface area (Å²) in [6.45, 7) is 0. The van der Waals surface area contributed by atoms with Gasteiger partial charge < -0.3 is 0 Å². The van der Waals surface area contributed by atoms with Crippen LogP contribution in [0.25, 0.3) is 16.4 Å². The average molecular weight is 416 g/mol. The number of benzene rings is 1. The molecule has 144 valence electrons. The van der Waals surface area contributed by atoms with Gasteiger partial charge in [-0.25, -0.2) is 0 Å². The molecule has 0 unspecified atom stereocenters. The van der Waals surface area contributed by atoms with E-state index in [1.165, 1.54) is 24.3 Å². The van der Waals surface area contributed by atoms with Crippen molar-refractivity contribution >= 4 is 28.0 Å². The standard InChI is InChI=1S/C16H6ClF8NO/c17-10-3-1-2-7-4-5-8-6-9(14(18,19)16(23,24)25)11(15(20,21)22)13(27)26(8)12(7)10/h1-6H. The topological polar surface area (TPSA) is 21.5 Å². The Bertz CT molecular complexity index is 1110. The van der Waals surface area contributed by atoms with Crippen LogP contribution in [0.3, 0.4) is 0 Å². The van der Waals surface area contributed by atoms with Crippen LogP contribution in [-0.2, 0) is 12.1 Å². The summed E-state index contributed by atoms with van der Waals surface area (Å²) >= 11 is 5.91. The highest BCUT2D eigenvalue weighted by molar-refractivity contribution is 6.35. The van der Waals surface area contributed by atoms with Crippen LogP contribution in [0.15, 0.2) is 41.2 Å². The van der Waals surface area contributed by atoms with Gasteiger partial charge in [-0.05, 0) is 18.2 Å². The number of halogens is 9. The van der Waals surface area contributed by atoms with Crippen LogP contribution in [0.1, 0.15) is 11.1 Å². The first-order chi connectivity index (χ1) is 12.3. The second-order valence-corrected chi connectivity index (χ2v) is 5.99. The molecule has 3 aromatic rings. The number of aromatic nitrogens is 1. The molecule has 3 rings (SSSR count). The van der Waals surface area contributed by atoms with Gasteiger partial charge in [0.1, 0.15) is 5.56 Å². The average Bonchev–Trinajstić information content (AvgIpc) is 2.52. The fraction of sp³-hybridized carbons (Fsp3) is 0.188. The third-order valence-corrected chi connectivity index (χ3v) is 4.19. The Labute approximate surface area is 149 Å². The Kier molecular flexibility index (Phi) is 4.18. The quantitative estimate of drug-likeness (QED) is 0.365. The summed E-state index contributed by atoms with van der Waals surface area (Å²) in [7, 11) is 0. The van der Waals surface area contributed by atoms with Crippen LogP contribution in [0.5, 0.6) is 0 Å². The van der Waals surface area contributed by atoms with Crippen molar-refractivity contribution in [3.63, 3.8) is 0 Å². The van der Waals surface area contributed by atoms with Crippen molar-refractivity contribution in [3.05, 3.63) is 62.9 Å². The molecule has 2 heterocycles. The molecule has 0 radical (unpaired) electrons. The summed E-state index contributed by atoms with van der Waals surface area (Å²) in [6.07, 6.45) is -12.1. The van der Waals surface area contributed by atoms with Crippen LogP contribution in [-0.4, -0.2) is 10.6 Å². The van der Waals surface area contributed by atoms with E-state index >= 15 is 0 Å². The molecule has 0 saturated heterocycles. The molecule has 2 nitrogen and oxygen atoms in total. The molecule has 0 bridgehead atoms. The molecule has 2 aromatic heterocycles. The number of alkyl halides is 8. The first-order valence-electron chi connectivity index (χ1n) is 7.06. The lowest BCUT2D eigenvalue weighted by molar-refractivity contribution is -0.291. The number of hydrogen-bond donors (Lipinski definition) is 0. The molecule has 0 spiro atoms. The largest absolute Gasteiger partial charge is 0.458 e. The number of para-hydroxylation sites is 1. The summed E-state index contributed by atoms with van der Waals surface area (Å²) in [4.78, 5) is 12.4. The highest BCUT2D eigenvalue weighted by Crippen LogP contribution is 2.47. The molecule has 0 fully saturated rings. The molecule has 0 atom stereocenters. The Balaban J connectivity index is 2.60. The third kappa shape index (κ3) is 2.91. The van der Waals surface area contributed by atoms with E-state index in [1.54, 1.807) is 0 Å². The lowest BCUT2D eigenvalue weighted by Crippen LogP contribution is -2.39. The molecular formula is C16H6ClF8NO. The zero-order valence-electron chi connectivity index (χ0n) is 12.7. The van der Waals surface area contributed by atoms with Gasteiger partial charge in [0.25, 0.3) is 5.56 Å². The minimum atomic E-state index is -6.33. The van der Waals surface area contributed by atoms with Gasteiger partial charge in [-0.1, -0.05) is 29.8 Å². The summed E-state index contributed by atoms with van der Waals surface area (Å²) in [5.41, 5.74) is -7.96. The van der Waals surface area contributed by atoms with E-state index in [9.17, 15) is 39.9 Å². The first kappa shape index (κ1) is 19.4. The number of fused-ring (bicyclic) bond motifs is 3. The van der Waals surface area contributed by atoms with E-state index in [1.807, 2.05) is 0 Å². The fourth-order valence-corrected chi connectivity index (χ4v) is 3.00. The van der Waals surface area contributed by atoms with Crippen LogP contribution in [0.4, 0.5) is 35.1 Å². The van der Waals surface area contributed by atoms with Gasteiger partial charge in [0.05, 0.1) is 16.1 Å². The lowest BCUT2D eigenvalue weighted by atomic mass is 10.0. The van der Waals surface area contributed by atoms with Crippen LogP contribution >= 0.6 is 11.6 Å². The summed E-state index contributed by atoms with van der Waals surface area (Å²) in [5, 5.41) is 0.0178. The fourth-order valence-electron chi connectivity index (χ4n) is 2.73. The minimum absolute atomic E-state index is 0.000478. The lowest BCUT2D eigenvalue weighted by Gasteiger charge is -2.24. The number of hydrogen-bond acceptors (Lipinski definition) is 1. The Morgan fingerprint density at radius 1 is 0.889 bits per heavy atom. The van der Waals surface area contributed by atoms with Crippen molar-refractivity contribution in [1.29, 1.82) is 0 Å². The molecule has 0 N–H and O–H groups in total. The second kappa shape index (κ2) is 5.82. The van der Waals surface area contributed by atoms with E-state index in [2.05, 4.69) is 0 Å². The maximum absolute atomic E-state index is 13.8. The molecule has 27 heavy (non-hydrogen) atoms. The van der Waals surface area contributed by atoms with Gasteiger partial charge in [-0.2, -0.15) is 35.1 Å². The highest BCUT2D eigenvalue weighted by atomic mass is 35.5. The second-order valence-electron chi connectivity index (χ2n) is 5.58. The zero-order chi connectivity index (χ0) is 20.4. The van der Waals surface area contributed by atoms with Crippen molar-refractivity contribution in [2.45, 2.75) is 18.3 Å². The number of pyridine rings is 2. The maximum Gasteiger partial charge on any atom is 0.458 e. The van der Waals surface area contributed by atoms with Crippen molar-refractivity contribution in [2.75, 3.05) is 0 Å². The van der Waals surface area contributed by atoms with E-state index in [-0.39, 0.29) is 22.0 Å². The number of rotatable bonds is 1. The van der Waals surface area contributed by atoms with Crippen LogP contribution < -0.4 is 5.56 Å². The molecule has 0 aliphatic heterocycles. The molecule has 11 heteroatoms. The Hall–Kier alpha value is -2.36. The summed E-state index contributed by atoms with van der Waals surface area (Å²) in [5.74, 6) is -5.89. The van der Waals surface area contributed by atoms with E-state index in [0.717, 1.165) is 6.07 Å². The summed E-state index contributed by atoms with van der Waals surface area (Å²) < 4.78 is 106. The van der Waals surface area contributed by atoms with E-state index < -0.39 is 40.5 Å². The van der Waals surface area contributed by atoms with Gasteiger partial charge in [0.2, 0.25) is 0 Å². The van der Waals surface area contributed by atoms with E-state index in [4.69, 9.17) is 11.6 Å². The van der Waals surface area contributed by atoms with Gasteiger partial charge in [-0.3, -0.25) is 9.20 Å². The normalized spacial score (nSPS) is 13.5. The predicted molar refractivity (Wildman–Crippen MR) is 81.1 cm³/mol. The Morgan fingerprint density at radius 3 is 2.07 bits per heavy atom. The molecule has 0 amide bonds. The van der Waals surface area contributed by atoms with Crippen LogP contribution in [0.2, 0.25) is 5.02 Å². The first-order valence-corrected chi connectivity index (χ1v) is 7.44. The molecular weight excluding hydrogens is 410 g/mol. The van der Waals surface area contributed by atoms with Gasteiger partial charge in [0, 0.05) is 10.9 Å². The van der Waals surface area contributed by atoms with Gasteiger partial charge in [0.15, 0.2) is 0 Å². The van der Waals surface area contributed by atoms with Crippen molar-refractivity contribution in [3.8, 4) is 0 Å². The smallest absolute Gasteiger partial charge is 0.275 e. The highest BCUT2D eigenvalue weighted by Gasteiger charge is 2.62. The van der Waals surface area contributed by atoms with Crippen molar-refractivity contribution < 1.29 is 35.1 Å². The van der Waals surface area contributed by atoms with Gasteiger partial charge in [-0.15, -0.1) is 0 Å². The SMILES string of the molecule is O=c1c(C(F)(F)F)c(C(F)(F)C(F)(F)F)cc2ccc3cccc(Cl)c3n12. The van der Waals surface area contributed by atoms with Gasteiger partial charge >= 0.3 is 18.3 Å². The monoisotopic (exact) mass is 415 g/mol. The molecule has 1 aromatic carbocycles. The predicted octanol–water partition coefficient (Wildman–Crippen LogP) is 5.78. The maximum atomic E-state index is 13.8. The molecule has 0 saturated carbocycles. The summed E-state index contributed by atoms with van der Waals surface area (Å²) in [6, 6.07) is 6.24.